The average Bonchev–Trinajstić information content (AvgIpc) is 2.64. The van der Waals surface area contributed by atoms with Gasteiger partial charge in [0.05, 0.1) is 0 Å². The summed E-state index contributed by atoms with van der Waals surface area (Å²) in [5.41, 5.74) is 1.71. The molecule has 3 nitrogen and oxygen atoms in total. The quantitative estimate of drug-likeness (QED) is 0.473. The van der Waals surface area contributed by atoms with E-state index < -0.39 is 5.92 Å². The third-order valence-electron chi connectivity index (χ3n) is 3.03. The van der Waals surface area contributed by atoms with Gasteiger partial charge in [-0.1, -0.05) is 30.3 Å². The molecular weight excluding hydrogens is 253 g/mol. The Hall–Kier alpha value is -0.654. The van der Waals surface area contributed by atoms with Gasteiger partial charge in [0.2, 0.25) is 0 Å². The average molecular weight is 263 g/mol. The summed E-state index contributed by atoms with van der Waals surface area (Å²) in [6.07, 6.45) is 1.72. The molecule has 1 heterocycles. The molecule has 0 amide bonds. The van der Waals surface area contributed by atoms with Gasteiger partial charge in [-0.15, -0.1) is 0 Å². The van der Waals surface area contributed by atoms with E-state index in [9.17, 15) is 9.59 Å². The second-order valence-corrected chi connectivity index (χ2v) is 4.03. The van der Waals surface area contributed by atoms with Crippen LogP contribution in [0, 0.1) is 0 Å². The summed E-state index contributed by atoms with van der Waals surface area (Å²) < 4.78 is 0. The van der Waals surface area contributed by atoms with Crippen LogP contribution in [0.4, 0.5) is 0 Å². The Morgan fingerprint density at radius 2 is 1.39 bits per heavy atom. The molecule has 3 rings (SSSR count). The first-order valence-electron chi connectivity index (χ1n) is 5.43. The summed E-state index contributed by atoms with van der Waals surface area (Å²) >= 11 is 0. The van der Waals surface area contributed by atoms with Crippen LogP contribution in [0.25, 0.3) is 0 Å². The van der Waals surface area contributed by atoms with Gasteiger partial charge >= 0.3 is 51.4 Å². The van der Waals surface area contributed by atoms with E-state index >= 15 is 0 Å². The number of fused-ring (bicyclic) bond motifs is 1. The zero-order chi connectivity index (χ0) is 11.8. The molecule has 0 fully saturated rings. The standard InChI is InChI=1S/C14H9NO2.K/c16-13-9-5-1-2-6-10(9)14(17)12(13)11-7-3-4-8-15-11;/h1-8,12H;/q;+1/p+1. The molecule has 2 aromatic rings. The van der Waals surface area contributed by atoms with E-state index in [2.05, 4.69) is 4.98 Å². The van der Waals surface area contributed by atoms with Gasteiger partial charge in [0, 0.05) is 23.3 Å². The fourth-order valence-corrected chi connectivity index (χ4v) is 2.21. The summed E-state index contributed by atoms with van der Waals surface area (Å²) in [6, 6.07) is 12.4. The Morgan fingerprint density at radius 1 is 0.833 bits per heavy atom. The molecule has 1 N–H and O–H groups in total. The molecule has 82 valence electrons. The van der Waals surface area contributed by atoms with Gasteiger partial charge in [-0.3, -0.25) is 9.59 Å². The molecule has 0 unspecified atom stereocenters. The molecular formula is C14H10KNO2+2. The number of pyridine rings is 1. The zero-order valence-corrected chi connectivity index (χ0v) is 13.1. The van der Waals surface area contributed by atoms with Crippen molar-refractivity contribution in [1.29, 1.82) is 0 Å². The number of H-pyrrole nitrogens is 1. The number of carbonyl (C=O) groups is 2. The van der Waals surface area contributed by atoms with E-state index in [4.69, 9.17) is 0 Å². The number of nitrogens with one attached hydrogen (secondary N) is 1. The molecule has 1 aromatic heterocycles. The van der Waals surface area contributed by atoms with Gasteiger partial charge in [-0.2, -0.15) is 0 Å². The molecule has 0 saturated carbocycles. The molecule has 0 bridgehead atoms. The summed E-state index contributed by atoms with van der Waals surface area (Å²) in [5, 5.41) is 0. The van der Waals surface area contributed by atoms with E-state index in [1.54, 1.807) is 36.5 Å². The summed E-state index contributed by atoms with van der Waals surface area (Å²) in [5.74, 6) is -0.935. The van der Waals surface area contributed by atoms with Crippen LogP contribution in [0.5, 0.6) is 0 Å². The minimum Gasteiger partial charge on any atom is -0.293 e. The number of aromatic amines is 1. The molecule has 0 aliphatic heterocycles. The smallest absolute Gasteiger partial charge is 0.293 e. The van der Waals surface area contributed by atoms with Crippen LogP contribution in [0.2, 0.25) is 0 Å². The van der Waals surface area contributed by atoms with E-state index in [0.29, 0.717) is 16.8 Å². The fraction of sp³-hybridized carbons (Fsp3) is 0.0714. The predicted molar refractivity (Wildman–Crippen MR) is 60.8 cm³/mol. The van der Waals surface area contributed by atoms with Crippen molar-refractivity contribution in [3.63, 3.8) is 0 Å². The molecule has 1 aromatic carbocycles. The Labute approximate surface area is 147 Å². The summed E-state index contributed by atoms with van der Waals surface area (Å²) in [7, 11) is 0. The van der Waals surface area contributed by atoms with Crippen LogP contribution in [0.3, 0.4) is 0 Å². The van der Waals surface area contributed by atoms with Crippen molar-refractivity contribution in [3.05, 3.63) is 65.5 Å². The molecule has 1 aliphatic rings. The maximum Gasteiger partial charge on any atom is 1.00 e. The van der Waals surface area contributed by atoms with Gasteiger partial charge < -0.3 is 0 Å². The minimum absolute atomic E-state index is 0. The molecule has 1 aliphatic carbocycles. The van der Waals surface area contributed by atoms with Gasteiger partial charge in [-0.05, 0) is 0 Å². The Kier molecular flexibility index (Phi) is 4.24. The van der Waals surface area contributed by atoms with Crippen LogP contribution in [0.15, 0.2) is 48.7 Å². The normalized spacial score (nSPS) is 14.2. The summed E-state index contributed by atoms with van der Waals surface area (Å²) in [4.78, 5) is 27.3. The van der Waals surface area contributed by atoms with Crippen LogP contribution in [-0.2, 0) is 0 Å². The molecule has 0 saturated heterocycles. The topological polar surface area (TPSA) is 48.3 Å². The minimum atomic E-state index is -0.700. The number of ketones is 2. The maximum absolute atomic E-state index is 12.2. The van der Waals surface area contributed by atoms with Crippen LogP contribution in [0.1, 0.15) is 32.3 Å². The molecule has 18 heavy (non-hydrogen) atoms. The second-order valence-electron chi connectivity index (χ2n) is 4.03. The molecule has 0 spiro atoms. The summed E-state index contributed by atoms with van der Waals surface area (Å²) in [6.45, 7) is 0. The first-order chi connectivity index (χ1) is 8.29. The Morgan fingerprint density at radius 3 is 1.89 bits per heavy atom. The van der Waals surface area contributed by atoms with Crippen molar-refractivity contribution >= 4 is 11.6 Å². The van der Waals surface area contributed by atoms with Crippen molar-refractivity contribution < 1.29 is 66.0 Å². The largest absolute Gasteiger partial charge is 1.00 e. The first-order valence-corrected chi connectivity index (χ1v) is 5.43. The van der Waals surface area contributed by atoms with Crippen molar-refractivity contribution in [2.75, 3.05) is 0 Å². The SMILES string of the molecule is O=C1c2ccccc2C(=O)C1c1cccc[nH+]1.[K+]. The van der Waals surface area contributed by atoms with Gasteiger partial charge in [0.15, 0.2) is 29.4 Å². The van der Waals surface area contributed by atoms with E-state index in [1.165, 1.54) is 0 Å². The van der Waals surface area contributed by atoms with Crippen LogP contribution >= 0.6 is 0 Å². The van der Waals surface area contributed by atoms with E-state index in [-0.39, 0.29) is 63.0 Å². The zero-order valence-electron chi connectivity index (χ0n) is 10.0. The number of Topliss-reactive ketones (excluding diaryl/α,β-unsaturated/α-hetero) is 2. The number of aromatic nitrogens is 1. The van der Waals surface area contributed by atoms with E-state index in [1.807, 2.05) is 12.1 Å². The Balaban J connectivity index is 0.00000120. The third kappa shape index (κ3) is 2.15. The van der Waals surface area contributed by atoms with Crippen molar-refractivity contribution in [2.45, 2.75) is 5.92 Å². The van der Waals surface area contributed by atoms with Gasteiger partial charge in [0.1, 0.15) is 0 Å². The first kappa shape index (κ1) is 13.8. The van der Waals surface area contributed by atoms with Crippen molar-refractivity contribution in [2.24, 2.45) is 0 Å². The fourth-order valence-electron chi connectivity index (χ4n) is 2.21. The molecule has 4 heteroatoms. The third-order valence-corrected chi connectivity index (χ3v) is 3.03. The Bertz CT molecular complexity index is 575. The van der Waals surface area contributed by atoms with Gasteiger partial charge in [0.25, 0.3) is 0 Å². The maximum atomic E-state index is 12.2. The number of benzene rings is 1. The van der Waals surface area contributed by atoms with E-state index in [0.717, 1.165) is 0 Å². The van der Waals surface area contributed by atoms with Crippen LogP contribution in [-0.4, -0.2) is 11.6 Å². The second kappa shape index (κ2) is 5.55. The molecule has 0 radical (unpaired) electrons. The predicted octanol–water partition coefficient (Wildman–Crippen LogP) is -1.33. The number of rotatable bonds is 1. The van der Waals surface area contributed by atoms with Crippen molar-refractivity contribution in [3.8, 4) is 0 Å². The molecule has 0 atom stereocenters. The number of hydrogen-bond donors (Lipinski definition) is 0. The number of carbonyl (C=O) groups excluding carboxylic acids is 2. The number of hydrogen-bond acceptors (Lipinski definition) is 2. The van der Waals surface area contributed by atoms with Crippen molar-refractivity contribution in [1.82, 2.24) is 0 Å². The monoisotopic (exact) mass is 263 g/mol. The van der Waals surface area contributed by atoms with Gasteiger partial charge in [-0.25, -0.2) is 4.98 Å². The van der Waals surface area contributed by atoms with Crippen LogP contribution < -0.4 is 56.4 Å².